The highest BCUT2D eigenvalue weighted by molar-refractivity contribution is 9.11. The largest absolute Gasteiger partial charge is 0.324 e. The minimum Gasteiger partial charge on any atom is -0.324 e. The van der Waals surface area contributed by atoms with E-state index in [1.807, 2.05) is 72.8 Å². The van der Waals surface area contributed by atoms with E-state index in [-0.39, 0.29) is 0 Å². The van der Waals surface area contributed by atoms with Crippen molar-refractivity contribution in [1.82, 2.24) is 15.0 Å². The molecule has 0 aliphatic rings. The van der Waals surface area contributed by atoms with Gasteiger partial charge in [-0.15, -0.1) is 0 Å². The molecule has 0 bridgehead atoms. The first-order chi connectivity index (χ1) is 14.5. The Labute approximate surface area is 199 Å². The van der Waals surface area contributed by atoms with E-state index in [9.17, 15) is 0 Å². The van der Waals surface area contributed by atoms with Gasteiger partial charge in [-0.25, -0.2) is 0 Å². The Kier molecular flexibility index (Phi) is 6.61. The van der Waals surface area contributed by atoms with Crippen LogP contribution >= 0.6 is 47.8 Å². The van der Waals surface area contributed by atoms with Crippen LogP contribution in [0.15, 0.2) is 86.2 Å². The summed E-state index contributed by atoms with van der Waals surface area (Å²) in [4.78, 5) is 13.5. The summed E-state index contributed by atoms with van der Waals surface area (Å²) in [6.45, 7) is 0. The molecule has 0 unspecified atom stereocenters. The maximum atomic E-state index is 4.51. The predicted molar refractivity (Wildman–Crippen MR) is 132 cm³/mol. The molecule has 0 aliphatic heterocycles. The number of nitrogens with one attached hydrogen (secondary N) is 3. The van der Waals surface area contributed by atoms with Gasteiger partial charge < -0.3 is 16.0 Å². The van der Waals surface area contributed by atoms with E-state index in [2.05, 4.69) is 78.7 Å². The van der Waals surface area contributed by atoms with E-state index in [0.717, 1.165) is 30.5 Å². The second-order valence-corrected chi connectivity index (χ2v) is 8.95. The molecule has 0 saturated heterocycles. The Morgan fingerprint density at radius 1 is 0.400 bits per heavy atom. The van der Waals surface area contributed by atoms with Gasteiger partial charge in [0, 0.05) is 30.5 Å². The van der Waals surface area contributed by atoms with Crippen LogP contribution in [-0.4, -0.2) is 15.0 Å². The van der Waals surface area contributed by atoms with Crippen molar-refractivity contribution in [3.63, 3.8) is 0 Å². The maximum Gasteiger partial charge on any atom is 0.233 e. The van der Waals surface area contributed by atoms with Crippen molar-refractivity contribution in [2.75, 3.05) is 16.0 Å². The van der Waals surface area contributed by atoms with Crippen molar-refractivity contribution in [2.24, 2.45) is 0 Å². The SMILES string of the molecule is Brc1ccc(Nc2nc(Nc3ccc(Br)cc3)nc(Nc3ccc(Br)cc3)n2)cc1. The summed E-state index contributed by atoms with van der Waals surface area (Å²) >= 11 is 10.3. The first kappa shape index (κ1) is 20.8. The fourth-order valence-electron chi connectivity index (χ4n) is 2.53. The van der Waals surface area contributed by atoms with Crippen LogP contribution in [0.2, 0.25) is 0 Å². The molecule has 0 spiro atoms. The summed E-state index contributed by atoms with van der Waals surface area (Å²) in [5.41, 5.74) is 2.61. The van der Waals surface area contributed by atoms with Gasteiger partial charge in [-0.1, -0.05) is 47.8 Å². The number of aromatic nitrogens is 3. The second kappa shape index (κ2) is 9.55. The lowest BCUT2D eigenvalue weighted by molar-refractivity contribution is 1.06. The third kappa shape index (κ3) is 5.78. The smallest absolute Gasteiger partial charge is 0.233 e. The van der Waals surface area contributed by atoms with Gasteiger partial charge in [0.05, 0.1) is 0 Å². The van der Waals surface area contributed by atoms with Crippen molar-refractivity contribution >= 4 is 82.7 Å². The van der Waals surface area contributed by atoms with Crippen LogP contribution < -0.4 is 16.0 Å². The van der Waals surface area contributed by atoms with E-state index in [1.54, 1.807) is 0 Å². The fraction of sp³-hybridized carbons (Fsp3) is 0. The average molecular weight is 591 g/mol. The summed E-state index contributed by atoms with van der Waals surface area (Å²) in [5, 5.41) is 9.67. The van der Waals surface area contributed by atoms with Crippen molar-refractivity contribution in [3.8, 4) is 0 Å². The number of anilines is 6. The molecule has 0 aliphatic carbocycles. The molecule has 4 aromatic rings. The van der Waals surface area contributed by atoms with Gasteiger partial charge in [0.25, 0.3) is 0 Å². The molecule has 3 aromatic carbocycles. The van der Waals surface area contributed by atoms with Crippen LogP contribution in [0.1, 0.15) is 0 Å². The first-order valence-corrected chi connectivity index (χ1v) is 11.3. The maximum absolute atomic E-state index is 4.51. The van der Waals surface area contributed by atoms with Gasteiger partial charge in [0.2, 0.25) is 17.8 Å². The molecular weight excluding hydrogens is 576 g/mol. The molecule has 1 aromatic heterocycles. The zero-order valence-electron chi connectivity index (χ0n) is 15.4. The molecular formula is C21H15Br3N6. The Hall–Kier alpha value is -2.49. The zero-order valence-corrected chi connectivity index (χ0v) is 20.2. The van der Waals surface area contributed by atoms with Crippen molar-refractivity contribution in [3.05, 3.63) is 86.2 Å². The van der Waals surface area contributed by atoms with Gasteiger partial charge >= 0.3 is 0 Å². The summed E-state index contributed by atoms with van der Waals surface area (Å²) in [6.07, 6.45) is 0. The van der Waals surface area contributed by atoms with Crippen LogP contribution in [0.25, 0.3) is 0 Å². The molecule has 0 atom stereocenters. The lowest BCUT2D eigenvalue weighted by atomic mass is 10.3. The molecule has 0 radical (unpaired) electrons. The number of hydrogen-bond donors (Lipinski definition) is 3. The minimum absolute atomic E-state index is 0.423. The fourth-order valence-corrected chi connectivity index (χ4v) is 3.32. The van der Waals surface area contributed by atoms with Gasteiger partial charge in [0.1, 0.15) is 0 Å². The first-order valence-electron chi connectivity index (χ1n) is 8.87. The lowest BCUT2D eigenvalue weighted by Gasteiger charge is -2.12. The predicted octanol–water partition coefficient (Wildman–Crippen LogP) is 7.39. The van der Waals surface area contributed by atoms with Crippen molar-refractivity contribution in [2.45, 2.75) is 0 Å². The Balaban J connectivity index is 1.64. The highest BCUT2D eigenvalue weighted by Gasteiger charge is 2.09. The number of hydrogen-bond acceptors (Lipinski definition) is 6. The standard InChI is InChI=1S/C21H15Br3N6/c22-13-1-7-16(8-2-13)25-19-28-20(26-17-9-3-14(23)4-10-17)30-21(29-19)27-18-11-5-15(24)6-12-18/h1-12H,(H3,25,26,27,28,29,30). The molecule has 3 N–H and O–H groups in total. The molecule has 4 rings (SSSR count). The van der Waals surface area contributed by atoms with Gasteiger partial charge in [0.15, 0.2) is 0 Å². The van der Waals surface area contributed by atoms with E-state index in [1.165, 1.54) is 0 Å². The van der Waals surface area contributed by atoms with Crippen molar-refractivity contribution in [1.29, 1.82) is 0 Å². The lowest BCUT2D eigenvalue weighted by Crippen LogP contribution is -2.07. The third-order valence-corrected chi connectivity index (χ3v) is 5.52. The van der Waals surface area contributed by atoms with Crippen LogP contribution in [-0.2, 0) is 0 Å². The topological polar surface area (TPSA) is 74.8 Å². The van der Waals surface area contributed by atoms with Crippen LogP contribution in [0, 0.1) is 0 Å². The van der Waals surface area contributed by atoms with E-state index < -0.39 is 0 Å². The Morgan fingerprint density at radius 3 is 0.867 bits per heavy atom. The molecule has 0 fully saturated rings. The molecule has 0 amide bonds. The Morgan fingerprint density at radius 2 is 0.633 bits per heavy atom. The van der Waals surface area contributed by atoms with Crippen molar-refractivity contribution < 1.29 is 0 Å². The monoisotopic (exact) mass is 588 g/mol. The van der Waals surface area contributed by atoms with Crippen LogP contribution in [0.3, 0.4) is 0 Å². The molecule has 6 nitrogen and oxygen atoms in total. The zero-order chi connectivity index (χ0) is 20.9. The molecule has 30 heavy (non-hydrogen) atoms. The molecule has 9 heteroatoms. The Bertz CT molecular complexity index is 974. The highest BCUT2D eigenvalue weighted by atomic mass is 79.9. The number of rotatable bonds is 6. The normalized spacial score (nSPS) is 10.5. The minimum atomic E-state index is 0.423. The average Bonchev–Trinajstić information content (AvgIpc) is 2.73. The number of nitrogens with zero attached hydrogens (tertiary/aromatic N) is 3. The summed E-state index contributed by atoms with van der Waals surface area (Å²) in [5.74, 6) is 1.27. The van der Waals surface area contributed by atoms with Crippen LogP contribution in [0.4, 0.5) is 34.9 Å². The van der Waals surface area contributed by atoms with Gasteiger partial charge in [-0.2, -0.15) is 15.0 Å². The summed E-state index contributed by atoms with van der Waals surface area (Å²) in [7, 11) is 0. The highest BCUT2D eigenvalue weighted by Crippen LogP contribution is 2.23. The quantitative estimate of drug-likeness (QED) is 0.217. The van der Waals surface area contributed by atoms with Gasteiger partial charge in [-0.3, -0.25) is 0 Å². The van der Waals surface area contributed by atoms with E-state index in [0.29, 0.717) is 17.8 Å². The third-order valence-electron chi connectivity index (χ3n) is 3.94. The van der Waals surface area contributed by atoms with Gasteiger partial charge in [-0.05, 0) is 72.8 Å². The summed E-state index contributed by atoms with van der Waals surface area (Å²) < 4.78 is 3.00. The molecule has 1 heterocycles. The summed E-state index contributed by atoms with van der Waals surface area (Å²) in [6, 6.07) is 23.4. The van der Waals surface area contributed by atoms with Crippen LogP contribution in [0.5, 0.6) is 0 Å². The number of halogens is 3. The van der Waals surface area contributed by atoms with E-state index in [4.69, 9.17) is 0 Å². The molecule has 150 valence electrons. The number of benzene rings is 3. The van der Waals surface area contributed by atoms with E-state index >= 15 is 0 Å². The second-order valence-electron chi connectivity index (χ2n) is 6.20. The molecule has 0 saturated carbocycles.